The third-order valence-electron chi connectivity index (χ3n) is 6.74. The van der Waals surface area contributed by atoms with Gasteiger partial charge in [-0.25, -0.2) is 8.42 Å². The van der Waals surface area contributed by atoms with Gasteiger partial charge in [-0.15, -0.1) is 0 Å². The van der Waals surface area contributed by atoms with E-state index in [0.29, 0.717) is 17.1 Å². The van der Waals surface area contributed by atoms with E-state index in [4.69, 9.17) is 11.6 Å². The van der Waals surface area contributed by atoms with Crippen molar-refractivity contribution in [2.75, 3.05) is 23.7 Å². The topological polar surface area (TPSA) is 86.8 Å². The molecule has 1 aromatic rings. The number of anilines is 1. The number of piperazine rings is 1. The molecule has 2 amide bonds. The predicted molar refractivity (Wildman–Crippen MR) is 132 cm³/mol. The fourth-order valence-electron chi connectivity index (χ4n) is 4.82. The quantitative estimate of drug-likeness (QED) is 0.643. The Bertz CT molecular complexity index is 976. The summed E-state index contributed by atoms with van der Waals surface area (Å²) >= 11 is 6.34. The molecule has 2 aliphatic rings. The van der Waals surface area contributed by atoms with Crippen LogP contribution in [0.5, 0.6) is 0 Å². The van der Waals surface area contributed by atoms with Crippen LogP contribution in [0.3, 0.4) is 0 Å². The number of halogens is 1. The number of amides is 2. The number of aryl methyl sites for hydroxylation is 1. The van der Waals surface area contributed by atoms with Crippen molar-refractivity contribution in [3.8, 4) is 0 Å². The van der Waals surface area contributed by atoms with Crippen LogP contribution in [-0.4, -0.2) is 55.0 Å². The first kappa shape index (κ1) is 26.0. The van der Waals surface area contributed by atoms with Gasteiger partial charge in [0.05, 0.1) is 12.3 Å². The molecule has 0 radical (unpaired) electrons. The van der Waals surface area contributed by atoms with Crippen molar-refractivity contribution in [1.82, 2.24) is 9.62 Å². The molecule has 1 saturated carbocycles. The maximum atomic E-state index is 13.7. The van der Waals surface area contributed by atoms with Gasteiger partial charge in [0.15, 0.2) is 0 Å². The minimum absolute atomic E-state index is 0.0239. The Morgan fingerprint density at radius 1 is 1.18 bits per heavy atom. The summed E-state index contributed by atoms with van der Waals surface area (Å²) in [6.07, 6.45) is 7.85. The number of sulfonamides is 1. The van der Waals surface area contributed by atoms with Crippen LogP contribution in [0.4, 0.5) is 5.69 Å². The molecule has 1 atom stereocenters. The molecule has 0 bridgehead atoms. The van der Waals surface area contributed by atoms with Crippen LogP contribution < -0.4 is 10.2 Å². The van der Waals surface area contributed by atoms with E-state index in [1.807, 2.05) is 6.92 Å². The smallest absolute Gasteiger partial charge is 0.247 e. The highest BCUT2D eigenvalue weighted by atomic mass is 35.5. The zero-order valence-electron chi connectivity index (χ0n) is 19.9. The van der Waals surface area contributed by atoms with Gasteiger partial charge in [-0.1, -0.05) is 56.7 Å². The van der Waals surface area contributed by atoms with Crippen molar-refractivity contribution in [2.45, 2.75) is 83.7 Å². The van der Waals surface area contributed by atoms with Gasteiger partial charge >= 0.3 is 0 Å². The van der Waals surface area contributed by atoms with Crippen LogP contribution in [0.1, 0.15) is 70.8 Å². The summed E-state index contributed by atoms with van der Waals surface area (Å²) in [4.78, 5) is 28.5. The average Bonchev–Trinajstić information content (AvgIpc) is 2.71. The van der Waals surface area contributed by atoms with E-state index >= 15 is 0 Å². The third-order valence-corrected chi connectivity index (χ3v) is 9.11. The second-order valence-electron chi connectivity index (χ2n) is 9.54. The summed E-state index contributed by atoms with van der Waals surface area (Å²) in [5, 5.41) is 3.65. The Hall–Kier alpha value is -1.64. The molecule has 1 aliphatic heterocycles. The van der Waals surface area contributed by atoms with Crippen molar-refractivity contribution in [3.05, 3.63) is 28.8 Å². The number of benzene rings is 1. The number of nitrogens with zero attached hydrogens (tertiary/aromatic N) is 2. The first-order valence-electron chi connectivity index (χ1n) is 12.0. The molecule has 33 heavy (non-hydrogen) atoms. The van der Waals surface area contributed by atoms with E-state index in [1.54, 1.807) is 32.0 Å². The normalized spacial score (nSPS) is 23.8. The number of hydrogen-bond donors (Lipinski definition) is 1. The van der Waals surface area contributed by atoms with Gasteiger partial charge in [-0.05, 0) is 50.8 Å². The zero-order valence-corrected chi connectivity index (χ0v) is 21.5. The average molecular weight is 498 g/mol. The highest BCUT2D eigenvalue weighted by Crippen LogP contribution is 2.33. The van der Waals surface area contributed by atoms with Crippen LogP contribution >= 0.6 is 11.6 Å². The molecule has 0 unspecified atom stereocenters. The molecule has 7 nitrogen and oxygen atoms in total. The van der Waals surface area contributed by atoms with Gasteiger partial charge in [0.2, 0.25) is 21.8 Å². The predicted octanol–water partition coefficient (Wildman–Crippen LogP) is 4.02. The summed E-state index contributed by atoms with van der Waals surface area (Å²) in [5.41, 5.74) is -0.0342. The third kappa shape index (κ3) is 5.89. The van der Waals surface area contributed by atoms with Crippen molar-refractivity contribution in [1.29, 1.82) is 0 Å². The summed E-state index contributed by atoms with van der Waals surface area (Å²) in [7, 11) is -3.66. The first-order chi connectivity index (χ1) is 15.6. The molecule has 0 aromatic heterocycles. The van der Waals surface area contributed by atoms with Crippen LogP contribution in [-0.2, 0) is 19.6 Å². The van der Waals surface area contributed by atoms with Gasteiger partial charge in [-0.3, -0.25) is 14.5 Å². The van der Waals surface area contributed by atoms with Crippen molar-refractivity contribution < 1.29 is 18.0 Å². The Labute approximate surface area is 202 Å². The van der Waals surface area contributed by atoms with E-state index in [1.165, 1.54) is 15.6 Å². The Morgan fingerprint density at radius 3 is 2.42 bits per heavy atom. The van der Waals surface area contributed by atoms with Crippen LogP contribution in [0, 0.1) is 6.92 Å². The highest BCUT2D eigenvalue weighted by molar-refractivity contribution is 7.89. The van der Waals surface area contributed by atoms with Gasteiger partial charge in [0, 0.05) is 23.3 Å². The highest BCUT2D eigenvalue weighted by Gasteiger charge is 2.51. The fraction of sp³-hybridized carbons (Fsp3) is 0.667. The first-order valence-corrected chi connectivity index (χ1v) is 13.9. The summed E-state index contributed by atoms with van der Waals surface area (Å²) in [6, 6.07) is 5.26. The molecule has 0 spiro atoms. The number of carbonyl (C=O) groups is 2. The van der Waals surface area contributed by atoms with Crippen molar-refractivity contribution in [2.24, 2.45) is 0 Å². The molecule has 3 rings (SSSR count). The van der Waals surface area contributed by atoms with E-state index in [0.717, 1.165) is 44.1 Å². The summed E-state index contributed by atoms with van der Waals surface area (Å²) in [6.45, 7) is 4.92. The van der Waals surface area contributed by atoms with E-state index < -0.39 is 21.5 Å². The van der Waals surface area contributed by atoms with Crippen molar-refractivity contribution >= 4 is 39.1 Å². The molecule has 184 valence electrons. The van der Waals surface area contributed by atoms with Crippen LogP contribution in [0.25, 0.3) is 0 Å². The molecule has 1 N–H and O–H groups in total. The van der Waals surface area contributed by atoms with E-state index in [2.05, 4.69) is 5.32 Å². The Kier molecular flexibility index (Phi) is 8.45. The maximum Gasteiger partial charge on any atom is 0.247 e. The molecule has 1 aromatic carbocycles. The molecular weight excluding hydrogens is 462 g/mol. The van der Waals surface area contributed by atoms with Crippen LogP contribution in [0.2, 0.25) is 5.02 Å². The minimum atomic E-state index is -3.66. The van der Waals surface area contributed by atoms with E-state index in [9.17, 15) is 18.0 Å². The van der Waals surface area contributed by atoms with Gasteiger partial charge in [-0.2, -0.15) is 4.31 Å². The minimum Gasteiger partial charge on any atom is -0.351 e. The van der Waals surface area contributed by atoms with Gasteiger partial charge in [0.25, 0.3) is 0 Å². The van der Waals surface area contributed by atoms with Crippen molar-refractivity contribution in [3.63, 3.8) is 0 Å². The standard InChI is InChI=1S/C24H36ClN3O4S/c1-4-14-33(31,32)27-16-22(29)28(20-13-12-18(2)21(25)15-20)24(3,17-27)23(30)26-19-10-8-6-5-7-9-11-19/h12-13,15,19H,4-11,14,16-17H2,1-3H3,(H,26,30)/t24-/m1/s1. The lowest BCUT2D eigenvalue weighted by atomic mass is 9.92. The molecule has 2 fully saturated rings. The fourth-order valence-corrected chi connectivity index (χ4v) is 6.52. The lowest BCUT2D eigenvalue weighted by molar-refractivity contribution is -0.133. The number of nitrogens with one attached hydrogen (secondary N) is 1. The Morgan fingerprint density at radius 2 is 1.82 bits per heavy atom. The number of hydrogen-bond acceptors (Lipinski definition) is 4. The second kappa shape index (κ2) is 10.7. The Balaban J connectivity index is 1.97. The summed E-state index contributed by atoms with van der Waals surface area (Å²) in [5.74, 6) is -0.817. The lowest BCUT2D eigenvalue weighted by Crippen LogP contribution is -2.71. The van der Waals surface area contributed by atoms with Gasteiger partial charge in [0.1, 0.15) is 5.54 Å². The van der Waals surface area contributed by atoms with E-state index in [-0.39, 0.29) is 30.8 Å². The SMILES string of the molecule is CCCS(=O)(=O)N1CC(=O)N(c2ccc(C)c(Cl)c2)[C@@](C)(C(=O)NC2CCCCCCC2)C1. The largest absolute Gasteiger partial charge is 0.351 e. The maximum absolute atomic E-state index is 13.7. The zero-order chi connectivity index (χ0) is 24.2. The second-order valence-corrected chi connectivity index (χ2v) is 12.0. The van der Waals surface area contributed by atoms with Crippen LogP contribution in [0.15, 0.2) is 18.2 Å². The number of rotatable bonds is 6. The van der Waals surface area contributed by atoms with Gasteiger partial charge < -0.3 is 5.32 Å². The lowest BCUT2D eigenvalue weighted by Gasteiger charge is -2.47. The summed E-state index contributed by atoms with van der Waals surface area (Å²) < 4.78 is 26.9. The molecule has 1 heterocycles. The molecule has 1 saturated heterocycles. The molecule has 1 aliphatic carbocycles. The molecule has 9 heteroatoms. The molecular formula is C24H36ClN3O4S. The monoisotopic (exact) mass is 497 g/mol. The number of carbonyl (C=O) groups excluding carboxylic acids is 2.